The molecule has 0 radical (unpaired) electrons. The van der Waals surface area contributed by atoms with Crippen molar-refractivity contribution in [3.8, 4) is 0 Å². The fraction of sp³-hybridized carbons (Fsp3) is 0.550. The first kappa shape index (κ1) is 21.0. The van der Waals surface area contributed by atoms with Crippen molar-refractivity contribution in [1.29, 1.82) is 0 Å². The minimum absolute atomic E-state index is 0.163. The van der Waals surface area contributed by atoms with Crippen LogP contribution in [0, 0.1) is 5.92 Å². The van der Waals surface area contributed by atoms with E-state index in [2.05, 4.69) is 4.98 Å². The van der Waals surface area contributed by atoms with Crippen LogP contribution < -0.4 is 5.73 Å². The monoisotopic (exact) mass is 433 g/mol. The Balaban J connectivity index is 1.77. The van der Waals surface area contributed by atoms with Crippen LogP contribution in [-0.2, 0) is 6.18 Å². The van der Waals surface area contributed by atoms with Gasteiger partial charge in [-0.25, -0.2) is 4.98 Å². The molecule has 2 heterocycles. The maximum atomic E-state index is 13.3. The average Bonchev–Trinajstić information content (AvgIpc) is 2.53. The summed E-state index contributed by atoms with van der Waals surface area (Å²) >= 11 is 0. The molecule has 0 spiro atoms. The molecule has 3 saturated carbocycles. The third-order valence-corrected chi connectivity index (χ3v) is 6.27. The molecule has 0 amide bonds. The first-order valence-corrected chi connectivity index (χ1v) is 9.69. The lowest BCUT2D eigenvalue weighted by atomic mass is 9.49. The lowest BCUT2D eigenvalue weighted by molar-refractivity contribution is -0.204. The van der Waals surface area contributed by atoms with Gasteiger partial charge >= 0.3 is 12.4 Å². The molecule has 0 aromatic carbocycles. The third kappa shape index (κ3) is 3.55. The van der Waals surface area contributed by atoms with E-state index in [1.807, 2.05) is 0 Å². The zero-order valence-corrected chi connectivity index (χ0v) is 15.9. The quantitative estimate of drug-likeness (QED) is 0.668. The summed E-state index contributed by atoms with van der Waals surface area (Å²) in [6.07, 6.45) is -4.95. The van der Waals surface area contributed by atoms with Crippen molar-refractivity contribution in [3.05, 3.63) is 41.4 Å². The topological polar surface area (TPSA) is 62.4 Å². The van der Waals surface area contributed by atoms with Crippen LogP contribution in [0.2, 0.25) is 0 Å². The Hall–Kier alpha value is -2.23. The van der Waals surface area contributed by atoms with Crippen LogP contribution in [0.1, 0.15) is 49.7 Å². The van der Waals surface area contributed by atoms with Crippen molar-refractivity contribution in [2.24, 2.45) is 5.92 Å². The van der Waals surface area contributed by atoms with E-state index in [-0.39, 0.29) is 17.7 Å². The predicted molar refractivity (Wildman–Crippen MR) is 97.5 cm³/mol. The van der Waals surface area contributed by atoms with Gasteiger partial charge in [0.15, 0.2) is 6.10 Å². The molecule has 1 atom stereocenters. The van der Waals surface area contributed by atoms with Crippen LogP contribution in [-0.4, -0.2) is 32.8 Å². The van der Waals surface area contributed by atoms with Crippen LogP contribution in [0.15, 0.2) is 30.2 Å². The molecule has 30 heavy (non-hydrogen) atoms. The van der Waals surface area contributed by atoms with Crippen molar-refractivity contribution in [3.63, 3.8) is 0 Å². The van der Waals surface area contributed by atoms with Crippen molar-refractivity contribution >= 4 is 11.4 Å². The standard InChI is InChI=1S/C20H21F6N3O/c21-19(22,23)14-5-13(9-28-17(14)27)12-3-1-2-4-15(16(30)20(24,25)26)29(10-12)18-6-11(7-18)8-18/h4-5,9-11,16,30H,1-3,6-8H2,(H2,27,28)/b12-10+,15-4-/t11?,16-,18?/m1/s1. The molecular weight excluding hydrogens is 412 g/mol. The molecule has 4 nitrogen and oxygen atoms in total. The Kier molecular flexibility index (Phi) is 4.83. The maximum absolute atomic E-state index is 13.3. The fourth-order valence-electron chi connectivity index (χ4n) is 4.58. The molecule has 3 fully saturated rings. The Morgan fingerprint density at radius 1 is 1.17 bits per heavy atom. The molecule has 4 aliphatic rings. The molecule has 3 aliphatic carbocycles. The summed E-state index contributed by atoms with van der Waals surface area (Å²) < 4.78 is 79.8. The predicted octanol–water partition coefficient (Wildman–Crippen LogP) is 4.87. The number of hydrogen-bond acceptors (Lipinski definition) is 4. The van der Waals surface area contributed by atoms with E-state index >= 15 is 0 Å². The highest BCUT2D eigenvalue weighted by Gasteiger charge is 2.61. The van der Waals surface area contributed by atoms with Crippen LogP contribution >= 0.6 is 0 Å². The smallest absolute Gasteiger partial charge is 0.383 e. The van der Waals surface area contributed by atoms with Crippen molar-refractivity contribution in [2.45, 2.75) is 62.5 Å². The average molecular weight is 433 g/mol. The van der Waals surface area contributed by atoms with Gasteiger partial charge in [-0.3, -0.25) is 0 Å². The van der Waals surface area contributed by atoms with Gasteiger partial charge in [-0.05, 0) is 61.6 Å². The highest BCUT2D eigenvalue weighted by atomic mass is 19.4. The molecule has 3 N–H and O–H groups in total. The Bertz CT molecular complexity index is 888. The number of aliphatic hydroxyl groups is 1. The van der Waals surface area contributed by atoms with Gasteiger partial charge < -0.3 is 15.7 Å². The maximum Gasteiger partial charge on any atom is 0.420 e. The number of allylic oxidation sites excluding steroid dienone is 2. The van der Waals surface area contributed by atoms with Gasteiger partial charge in [-0.2, -0.15) is 26.3 Å². The number of nitrogen functional groups attached to an aromatic ring is 1. The Morgan fingerprint density at radius 3 is 2.37 bits per heavy atom. The number of aliphatic hydroxyl groups excluding tert-OH is 1. The van der Waals surface area contributed by atoms with E-state index in [9.17, 15) is 31.4 Å². The number of nitrogens with zero attached hydrogens (tertiary/aromatic N) is 2. The minimum Gasteiger partial charge on any atom is -0.383 e. The molecule has 0 unspecified atom stereocenters. The van der Waals surface area contributed by atoms with Crippen molar-refractivity contribution in [1.82, 2.24) is 9.88 Å². The van der Waals surface area contributed by atoms with Gasteiger partial charge in [0.05, 0.1) is 11.3 Å². The molecule has 1 aromatic rings. The SMILES string of the molecule is Nc1ncc(/C2=C/N(C34CC(C3)C4)/C([C@@H](O)C(F)(F)F)=C\CCC2)cc1C(F)(F)F. The largest absolute Gasteiger partial charge is 0.420 e. The number of halogens is 6. The van der Waals surface area contributed by atoms with Crippen molar-refractivity contribution < 1.29 is 31.4 Å². The second-order valence-corrected chi connectivity index (χ2v) is 8.35. The molecule has 1 aliphatic heterocycles. The Morgan fingerprint density at radius 2 is 1.83 bits per heavy atom. The summed E-state index contributed by atoms with van der Waals surface area (Å²) in [5, 5.41) is 10.0. The number of nitrogens with two attached hydrogens (primary N) is 1. The molecule has 2 bridgehead atoms. The summed E-state index contributed by atoms with van der Waals surface area (Å²) in [4.78, 5) is 5.12. The molecule has 10 heteroatoms. The van der Waals surface area contributed by atoms with Crippen LogP contribution in [0.5, 0.6) is 0 Å². The number of aromatic nitrogens is 1. The summed E-state index contributed by atoms with van der Waals surface area (Å²) in [7, 11) is 0. The number of rotatable bonds is 3. The van der Waals surface area contributed by atoms with Crippen LogP contribution in [0.25, 0.3) is 5.57 Å². The first-order valence-electron chi connectivity index (χ1n) is 9.69. The second-order valence-electron chi connectivity index (χ2n) is 8.35. The van der Waals surface area contributed by atoms with Crippen molar-refractivity contribution in [2.75, 3.05) is 5.73 Å². The Labute approximate surface area is 169 Å². The molecule has 1 aromatic heterocycles. The van der Waals surface area contributed by atoms with Gasteiger partial charge in [0, 0.05) is 17.9 Å². The van der Waals surface area contributed by atoms with Gasteiger partial charge in [-0.1, -0.05) is 6.08 Å². The van der Waals surface area contributed by atoms with Gasteiger partial charge in [0.1, 0.15) is 5.82 Å². The minimum atomic E-state index is -4.84. The van der Waals surface area contributed by atoms with E-state index in [0.717, 1.165) is 6.07 Å². The number of anilines is 1. The highest BCUT2D eigenvalue weighted by Crippen LogP contribution is 2.62. The lowest BCUT2D eigenvalue weighted by Crippen LogP contribution is -2.67. The van der Waals surface area contributed by atoms with Gasteiger partial charge in [-0.15, -0.1) is 0 Å². The molecule has 0 saturated heterocycles. The van der Waals surface area contributed by atoms with Gasteiger partial charge in [0.2, 0.25) is 0 Å². The van der Waals surface area contributed by atoms with Crippen LogP contribution in [0.3, 0.4) is 0 Å². The lowest BCUT2D eigenvalue weighted by Gasteiger charge is -2.67. The normalized spacial score (nSPS) is 31.3. The van der Waals surface area contributed by atoms with E-state index in [4.69, 9.17) is 5.73 Å². The zero-order valence-electron chi connectivity index (χ0n) is 15.9. The highest BCUT2D eigenvalue weighted by molar-refractivity contribution is 5.67. The summed E-state index contributed by atoms with van der Waals surface area (Å²) in [6, 6.07) is 0.888. The van der Waals surface area contributed by atoms with Gasteiger partial charge in [0.25, 0.3) is 0 Å². The third-order valence-electron chi connectivity index (χ3n) is 6.27. The van der Waals surface area contributed by atoms with E-state index in [1.165, 1.54) is 23.4 Å². The summed E-state index contributed by atoms with van der Waals surface area (Å²) in [5.74, 6) is -0.200. The number of pyridine rings is 1. The van der Waals surface area contributed by atoms with E-state index < -0.39 is 35.4 Å². The number of alkyl halides is 6. The molecule has 5 rings (SSSR count). The zero-order chi connectivity index (χ0) is 21.9. The summed E-state index contributed by atoms with van der Waals surface area (Å²) in [5.41, 5.74) is 4.14. The molecule has 164 valence electrons. The van der Waals surface area contributed by atoms with E-state index in [0.29, 0.717) is 43.6 Å². The van der Waals surface area contributed by atoms with Crippen LogP contribution in [0.4, 0.5) is 32.2 Å². The first-order chi connectivity index (χ1) is 13.9. The molecular formula is C20H21F6N3O. The second kappa shape index (κ2) is 6.90. The summed E-state index contributed by atoms with van der Waals surface area (Å²) in [6.45, 7) is 0. The fourth-order valence-corrected chi connectivity index (χ4v) is 4.58. The number of hydrogen-bond donors (Lipinski definition) is 2. The van der Waals surface area contributed by atoms with E-state index in [1.54, 1.807) is 0 Å².